The molecule has 5 heteroatoms. The van der Waals surface area contributed by atoms with Gasteiger partial charge in [0.2, 0.25) is 0 Å². The van der Waals surface area contributed by atoms with E-state index in [2.05, 4.69) is 56.6 Å². The van der Waals surface area contributed by atoms with Crippen LogP contribution in [0, 0.1) is 6.92 Å². The van der Waals surface area contributed by atoms with Crippen LogP contribution in [0.15, 0.2) is 63.1 Å². The highest BCUT2D eigenvalue weighted by Crippen LogP contribution is 2.22. The van der Waals surface area contributed by atoms with Gasteiger partial charge in [-0.2, -0.15) is 5.10 Å². The molecule has 1 aliphatic rings. The summed E-state index contributed by atoms with van der Waals surface area (Å²) < 4.78 is 1.06. The Morgan fingerprint density at radius 1 is 1.19 bits per heavy atom. The molecule has 0 aliphatic carbocycles. The summed E-state index contributed by atoms with van der Waals surface area (Å²) in [6.45, 7) is 2.06. The Balaban J connectivity index is 1.79. The minimum Gasteiger partial charge on any atom is -0.255 e. The molecule has 0 unspecified atom stereocenters. The van der Waals surface area contributed by atoms with Crippen LogP contribution in [0.25, 0.3) is 0 Å². The van der Waals surface area contributed by atoms with Crippen LogP contribution in [0.3, 0.4) is 0 Å². The van der Waals surface area contributed by atoms with Gasteiger partial charge in [0.05, 0.1) is 11.4 Å². The summed E-state index contributed by atoms with van der Waals surface area (Å²) in [5.74, 6) is 0.814. The smallest absolute Gasteiger partial charge is 0.182 e. The molecule has 0 saturated heterocycles. The van der Waals surface area contributed by atoms with Crippen LogP contribution in [0.2, 0.25) is 0 Å². The van der Waals surface area contributed by atoms with Gasteiger partial charge in [-0.3, -0.25) is 5.43 Å². The van der Waals surface area contributed by atoms with E-state index in [1.165, 1.54) is 0 Å². The Labute approximate surface area is 136 Å². The molecule has 0 radical (unpaired) electrons. The quantitative estimate of drug-likeness (QED) is 0.857. The van der Waals surface area contributed by atoms with Crippen molar-refractivity contribution in [2.24, 2.45) is 10.1 Å². The molecule has 0 amide bonds. The van der Waals surface area contributed by atoms with Crippen molar-refractivity contribution in [1.82, 2.24) is 5.43 Å². The van der Waals surface area contributed by atoms with Crippen molar-refractivity contribution in [1.29, 1.82) is 0 Å². The highest BCUT2D eigenvalue weighted by Gasteiger charge is 2.13. The van der Waals surface area contributed by atoms with Gasteiger partial charge in [-0.1, -0.05) is 58.0 Å². The van der Waals surface area contributed by atoms with Crippen LogP contribution in [0.5, 0.6) is 0 Å². The summed E-state index contributed by atoms with van der Waals surface area (Å²) in [5, 5.41) is 5.28. The highest BCUT2D eigenvalue weighted by atomic mass is 79.9. The largest absolute Gasteiger partial charge is 0.255 e. The normalized spacial score (nSPS) is 16.5. The average molecular weight is 360 g/mol. The van der Waals surface area contributed by atoms with E-state index in [0.717, 1.165) is 37.9 Å². The Morgan fingerprint density at radius 3 is 2.76 bits per heavy atom. The number of hydrogen-bond donors (Lipinski definition) is 1. The summed E-state index contributed by atoms with van der Waals surface area (Å²) in [7, 11) is 0. The molecule has 1 aliphatic heterocycles. The minimum absolute atomic E-state index is 0.814. The van der Waals surface area contributed by atoms with E-state index in [0.29, 0.717) is 0 Å². The molecule has 1 N–H and O–H groups in total. The van der Waals surface area contributed by atoms with Crippen molar-refractivity contribution < 1.29 is 0 Å². The third-order valence-corrected chi connectivity index (χ3v) is 4.49. The van der Waals surface area contributed by atoms with Crippen molar-refractivity contribution in [2.75, 3.05) is 5.75 Å². The third kappa shape index (κ3) is 3.54. The SMILES string of the molecule is Cc1ccccc1N=C1NN=C(c2cccc(Br)c2)CS1. The van der Waals surface area contributed by atoms with Gasteiger partial charge in [-0.05, 0) is 36.2 Å². The summed E-state index contributed by atoms with van der Waals surface area (Å²) in [6.07, 6.45) is 0. The van der Waals surface area contributed by atoms with Gasteiger partial charge < -0.3 is 0 Å². The fraction of sp³-hybridized carbons (Fsp3) is 0.125. The lowest BCUT2D eigenvalue weighted by atomic mass is 10.1. The van der Waals surface area contributed by atoms with Crippen LogP contribution >= 0.6 is 27.7 Å². The van der Waals surface area contributed by atoms with Crippen LogP contribution in [0.1, 0.15) is 11.1 Å². The molecule has 0 bridgehead atoms. The third-order valence-electron chi connectivity index (χ3n) is 3.13. The first-order valence-electron chi connectivity index (χ1n) is 6.58. The lowest BCUT2D eigenvalue weighted by Crippen LogP contribution is -2.25. The van der Waals surface area contributed by atoms with Crippen molar-refractivity contribution in [3.05, 3.63) is 64.1 Å². The van der Waals surface area contributed by atoms with E-state index in [9.17, 15) is 0 Å². The molecular weight excluding hydrogens is 346 g/mol. The lowest BCUT2D eigenvalue weighted by Gasteiger charge is -2.15. The van der Waals surface area contributed by atoms with Gasteiger partial charge >= 0.3 is 0 Å². The first-order valence-corrected chi connectivity index (χ1v) is 8.36. The van der Waals surface area contributed by atoms with Crippen LogP contribution < -0.4 is 5.43 Å². The molecular formula is C16H14BrN3S. The molecule has 2 aromatic rings. The van der Waals surface area contributed by atoms with Gasteiger partial charge in [-0.25, -0.2) is 4.99 Å². The summed E-state index contributed by atoms with van der Waals surface area (Å²) in [5.41, 5.74) is 7.35. The molecule has 0 atom stereocenters. The van der Waals surface area contributed by atoms with E-state index in [1.807, 2.05) is 30.3 Å². The molecule has 0 spiro atoms. The summed E-state index contributed by atoms with van der Waals surface area (Å²) in [6, 6.07) is 16.3. The number of benzene rings is 2. The number of para-hydroxylation sites is 1. The number of hydrazone groups is 1. The van der Waals surface area contributed by atoms with Gasteiger partial charge in [-0.15, -0.1) is 0 Å². The zero-order valence-electron chi connectivity index (χ0n) is 11.5. The molecule has 106 valence electrons. The average Bonchev–Trinajstić information content (AvgIpc) is 2.50. The second-order valence-electron chi connectivity index (χ2n) is 4.67. The number of thioether (sulfide) groups is 1. The highest BCUT2D eigenvalue weighted by molar-refractivity contribution is 9.10. The maximum Gasteiger partial charge on any atom is 0.182 e. The predicted octanol–water partition coefficient (Wildman–Crippen LogP) is 4.49. The molecule has 21 heavy (non-hydrogen) atoms. The monoisotopic (exact) mass is 359 g/mol. The number of aliphatic imine (C=N–C) groups is 1. The zero-order valence-corrected chi connectivity index (χ0v) is 13.9. The number of nitrogens with one attached hydrogen (secondary N) is 1. The summed E-state index contributed by atoms with van der Waals surface area (Å²) in [4.78, 5) is 4.62. The van der Waals surface area contributed by atoms with Crippen LogP contribution in [-0.4, -0.2) is 16.6 Å². The maximum atomic E-state index is 4.62. The molecule has 1 heterocycles. The fourth-order valence-electron chi connectivity index (χ4n) is 1.99. The number of aryl methyl sites for hydroxylation is 1. The Bertz CT molecular complexity index is 725. The van der Waals surface area contributed by atoms with E-state index in [-0.39, 0.29) is 0 Å². The Hall–Kier alpha value is -1.59. The van der Waals surface area contributed by atoms with Crippen molar-refractivity contribution in [3.63, 3.8) is 0 Å². The number of amidine groups is 1. The fourth-order valence-corrected chi connectivity index (χ4v) is 3.16. The van der Waals surface area contributed by atoms with E-state index in [1.54, 1.807) is 11.8 Å². The first kappa shape index (κ1) is 14.4. The van der Waals surface area contributed by atoms with Gasteiger partial charge in [0.25, 0.3) is 0 Å². The van der Waals surface area contributed by atoms with E-state index < -0.39 is 0 Å². The maximum absolute atomic E-state index is 4.62. The Kier molecular flexibility index (Phi) is 4.41. The molecule has 0 fully saturated rings. The Morgan fingerprint density at radius 2 is 2.05 bits per heavy atom. The van der Waals surface area contributed by atoms with Crippen molar-refractivity contribution in [3.8, 4) is 0 Å². The number of halogens is 1. The van der Waals surface area contributed by atoms with Gasteiger partial charge in [0, 0.05) is 10.2 Å². The molecule has 2 aromatic carbocycles. The second-order valence-corrected chi connectivity index (χ2v) is 6.55. The lowest BCUT2D eigenvalue weighted by molar-refractivity contribution is 1.03. The van der Waals surface area contributed by atoms with E-state index >= 15 is 0 Å². The molecule has 3 nitrogen and oxygen atoms in total. The number of hydrogen-bond acceptors (Lipinski definition) is 3. The van der Waals surface area contributed by atoms with Crippen molar-refractivity contribution >= 4 is 44.3 Å². The minimum atomic E-state index is 0.814. The van der Waals surface area contributed by atoms with Gasteiger partial charge in [0.1, 0.15) is 0 Å². The predicted molar refractivity (Wildman–Crippen MR) is 94.5 cm³/mol. The molecule has 0 saturated carbocycles. The van der Waals surface area contributed by atoms with E-state index in [4.69, 9.17) is 0 Å². The summed E-state index contributed by atoms with van der Waals surface area (Å²) >= 11 is 5.16. The number of rotatable bonds is 2. The molecule has 0 aromatic heterocycles. The number of nitrogens with zero attached hydrogens (tertiary/aromatic N) is 2. The van der Waals surface area contributed by atoms with Crippen LogP contribution in [0.4, 0.5) is 5.69 Å². The molecule has 3 rings (SSSR count). The second kappa shape index (κ2) is 6.45. The van der Waals surface area contributed by atoms with Gasteiger partial charge in [0.15, 0.2) is 5.17 Å². The van der Waals surface area contributed by atoms with Crippen LogP contribution in [-0.2, 0) is 0 Å². The van der Waals surface area contributed by atoms with Crippen molar-refractivity contribution in [2.45, 2.75) is 6.92 Å². The standard InChI is InChI=1S/C16H14BrN3S/c1-11-5-2-3-8-14(11)18-16-20-19-15(10-21-16)12-6-4-7-13(17)9-12/h2-9H,10H2,1H3,(H,18,20). The first-order chi connectivity index (χ1) is 10.2. The topological polar surface area (TPSA) is 36.8 Å². The zero-order chi connectivity index (χ0) is 14.7.